The van der Waals surface area contributed by atoms with E-state index in [1.54, 1.807) is 0 Å². The molecule has 0 saturated carbocycles. The van der Waals surface area contributed by atoms with Crippen LogP contribution in [-0.2, 0) is 5.41 Å². The van der Waals surface area contributed by atoms with E-state index in [1.165, 1.54) is 82.5 Å². The smallest absolute Gasteiger partial charge is 0.132 e. The number of para-hydroxylation sites is 4. The zero-order valence-electron chi connectivity index (χ0n) is 30.9. The molecule has 1 spiro atoms. The Kier molecular flexibility index (Phi) is 6.13. The summed E-state index contributed by atoms with van der Waals surface area (Å²) in [6.45, 7) is 0. The van der Waals surface area contributed by atoms with Crippen molar-refractivity contribution in [2.45, 2.75) is 5.41 Å². The van der Waals surface area contributed by atoms with Crippen LogP contribution in [0.3, 0.4) is 0 Å². The highest BCUT2D eigenvalue weighted by Gasteiger charge is 2.51. The first-order valence-electron chi connectivity index (χ1n) is 19.8. The Morgan fingerprint density at radius 1 is 0.351 bits per heavy atom. The standard InChI is InChI=1S/C55H33NO/c1-2-17-36(18-3-1)50-40-33-32-34-16-4-5-21-37(34)51(40)54(53-39-23-15-20-35-19-14-22-38(49(35)39)52(50)53)56-45-28-10-6-24-41(45)55(42-25-7-11-29-46(42)56)43-26-8-12-30-47(43)57-48-31-13-9-27-44(48)55/h1-33H. The topological polar surface area (TPSA) is 12.5 Å². The van der Waals surface area contributed by atoms with E-state index in [4.69, 9.17) is 4.74 Å². The maximum absolute atomic E-state index is 6.72. The average molecular weight is 724 g/mol. The number of rotatable bonds is 2. The van der Waals surface area contributed by atoms with E-state index >= 15 is 0 Å². The van der Waals surface area contributed by atoms with Gasteiger partial charge in [-0.3, -0.25) is 0 Å². The van der Waals surface area contributed by atoms with Crippen molar-refractivity contribution in [2.75, 3.05) is 4.90 Å². The Balaban J connectivity index is 1.26. The van der Waals surface area contributed by atoms with Crippen molar-refractivity contribution < 1.29 is 4.74 Å². The zero-order valence-corrected chi connectivity index (χ0v) is 30.9. The highest BCUT2D eigenvalue weighted by atomic mass is 16.5. The molecule has 264 valence electrons. The van der Waals surface area contributed by atoms with Crippen molar-refractivity contribution in [1.82, 2.24) is 0 Å². The van der Waals surface area contributed by atoms with Gasteiger partial charge < -0.3 is 9.64 Å². The number of anilines is 3. The Labute approximate surface area is 330 Å². The Bertz CT molecular complexity index is 3240. The fourth-order valence-electron chi connectivity index (χ4n) is 10.7. The highest BCUT2D eigenvalue weighted by molar-refractivity contribution is 6.32. The first-order valence-corrected chi connectivity index (χ1v) is 19.8. The summed E-state index contributed by atoms with van der Waals surface area (Å²) < 4.78 is 6.72. The van der Waals surface area contributed by atoms with Crippen molar-refractivity contribution >= 4 is 49.4 Å². The summed E-state index contributed by atoms with van der Waals surface area (Å²) >= 11 is 0. The lowest BCUT2D eigenvalue weighted by Crippen LogP contribution is -2.39. The van der Waals surface area contributed by atoms with Crippen molar-refractivity contribution in [3.05, 3.63) is 222 Å². The minimum absolute atomic E-state index is 0.622. The van der Waals surface area contributed by atoms with Gasteiger partial charge in [0.25, 0.3) is 0 Å². The molecule has 57 heavy (non-hydrogen) atoms. The number of nitrogens with zero attached hydrogens (tertiary/aromatic N) is 1. The molecular formula is C55H33NO. The van der Waals surface area contributed by atoms with Crippen molar-refractivity contribution in [2.24, 2.45) is 0 Å². The zero-order chi connectivity index (χ0) is 37.2. The highest BCUT2D eigenvalue weighted by Crippen LogP contribution is 2.66. The molecule has 3 aliphatic rings. The van der Waals surface area contributed by atoms with Gasteiger partial charge in [-0.2, -0.15) is 0 Å². The van der Waals surface area contributed by atoms with Gasteiger partial charge in [-0.25, -0.2) is 0 Å². The summed E-state index contributed by atoms with van der Waals surface area (Å²) in [6, 6.07) is 73.8. The molecule has 0 aromatic heterocycles. The van der Waals surface area contributed by atoms with Gasteiger partial charge in [0.15, 0.2) is 0 Å². The summed E-state index contributed by atoms with van der Waals surface area (Å²) in [5.41, 5.74) is 15.3. The second kappa shape index (κ2) is 11.3. The number of hydrogen-bond donors (Lipinski definition) is 0. The molecule has 1 aliphatic carbocycles. The summed E-state index contributed by atoms with van der Waals surface area (Å²) in [7, 11) is 0. The average Bonchev–Trinajstić information content (AvgIpc) is 3.61. The van der Waals surface area contributed by atoms with E-state index in [9.17, 15) is 0 Å². The Morgan fingerprint density at radius 3 is 1.58 bits per heavy atom. The summed E-state index contributed by atoms with van der Waals surface area (Å²) in [5, 5.41) is 7.54. The summed E-state index contributed by atoms with van der Waals surface area (Å²) in [6.07, 6.45) is 0. The fraction of sp³-hybridized carbons (Fsp3) is 0.0182. The van der Waals surface area contributed by atoms with Crippen LogP contribution in [-0.4, -0.2) is 0 Å². The molecule has 2 heteroatoms. The maximum Gasteiger partial charge on any atom is 0.132 e. The van der Waals surface area contributed by atoms with Crippen LogP contribution in [0.2, 0.25) is 0 Å². The fourth-order valence-corrected chi connectivity index (χ4v) is 10.7. The van der Waals surface area contributed by atoms with E-state index in [1.807, 2.05) is 0 Å². The number of benzene rings is 10. The second-order valence-electron chi connectivity index (χ2n) is 15.5. The van der Waals surface area contributed by atoms with Crippen LogP contribution in [0.1, 0.15) is 22.3 Å². The van der Waals surface area contributed by atoms with E-state index in [0.717, 1.165) is 34.0 Å². The third-order valence-corrected chi connectivity index (χ3v) is 12.8. The van der Waals surface area contributed by atoms with Crippen molar-refractivity contribution in [3.63, 3.8) is 0 Å². The molecule has 2 nitrogen and oxygen atoms in total. The molecule has 0 unspecified atom stereocenters. The minimum Gasteiger partial charge on any atom is -0.457 e. The molecule has 0 radical (unpaired) electrons. The van der Waals surface area contributed by atoms with Crippen molar-refractivity contribution in [1.29, 1.82) is 0 Å². The lowest BCUT2D eigenvalue weighted by atomic mass is 9.61. The quantitative estimate of drug-likeness (QED) is 0.165. The van der Waals surface area contributed by atoms with Gasteiger partial charge in [-0.15, -0.1) is 0 Å². The summed E-state index contributed by atoms with van der Waals surface area (Å²) in [4.78, 5) is 2.61. The van der Waals surface area contributed by atoms with Crippen LogP contribution in [0.5, 0.6) is 11.5 Å². The van der Waals surface area contributed by atoms with Crippen LogP contribution >= 0.6 is 0 Å². The first kappa shape index (κ1) is 30.9. The van der Waals surface area contributed by atoms with Crippen LogP contribution in [0, 0.1) is 0 Å². The van der Waals surface area contributed by atoms with Crippen LogP contribution in [0.15, 0.2) is 200 Å². The second-order valence-corrected chi connectivity index (χ2v) is 15.5. The molecule has 2 heterocycles. The van der Waals surface area contributed by atoms with Gasteiger partial charge in [0.2, 0.25) is 0 Å². The molecule has 2 aliphatic heterocycles. The van der Waals surface area contributed by atoms with E-state index < -0.39 is 5.41 Å². The van der Waals surface area contributed by atoms with Gasteiger partial charge in [-0.05, 0) is 84.6 Å². The Morgan fingerprint density at radius 2 is 0.895 bits per heavy atom. The molecule has 10 aromatic carbocycles. The third-order valence-electron chi connectivity index (χ3n) is 12.8. The van der Waals surface area contributed by atoms with Crippen LogP contribution < -0.4 is 9.64 Å². The van der Waals surface area contributed by atoms with Gasteiger partial charge in [0.05, 0.1) is 22.5 Å². The molecule has 0 fully saturated rings. The number of ether oxygens (including phenoxy) is 1. The van der Waals surface area contributed by atoms with Gasteiger partial charge in [-0.1, -0.05) is 176 Å². The minimum atomic E-state index is -0.622. The van der Waals surface area contributed by atoms with Crippen LogP contribution in [0.4, 0.5) is 17.1 Å². The lowest BCUT2D eigenvalue weighted by Gasteiger charge is -2.49. The molecule has 0 N–H and O–H groups in total. The lowest BCUT2D eigenvalue weighted by molar-refractivity contribution is 0.434. The van der Waals surface area contributed by atoms with E-state index in [-0.39, 0.29) is 0 Å². The van der Waals surface area contributed by atoms with Crippen LogP contribution in [0.25, 0.3) is 65.7 Å². The molecular weight excluding hydrogens is 691 g/mol. The van der Waals surface area contributed by atoms with Gasteiger partial charge in [0.1, 0.15) is 11.5 Å². The first-order chi connectivity index (χ1) is 28.3. The maximum atomic E-state index is 6.72. The molecule has 0 atom stereocenters. The molecule has 13 rings (SSSR count). The number of fused-ring (bicyclic) bond motifs is 14. The monoisotopic (exact) mass is 723 g/mol. The summed E-state index contributed by atoms with van der Waals surface area (Å²) in [5.74, 6) is 1.78. The predicted octanol–water partition coefficient (Wildman–Crippen LogP) is 14.7. The van der Waals surface area contributed by atoms with Gasteiger partial charge >= 0.3 is 0 Å². The third kappa shape index (κ3) is 3.89. The largest absolute Gasteiger partial charge is 0.457 e. The molecule has 0 bridgehead atoms. The van der Waals surface area contributed by atoms with E-state index in [0.29, 0.717) is 0 Å². The normalized spacial score (nSPS) is 13.9. The van der Waals surface area contributed by atoms with Crippen molar-refractivity contribution in [3.8, 4) is 44.9 Å². The Hall–Kier alpha value is -7.42. The van der Waals surface area contributed by atoms with E-state index in [2.05, 4.69) is 205 Å². The molecule has 10 aromatic rings. The molecule has 0 saturated heterocycles. The predicted molar refractivity (Wildman–Crippen MR) is 235 cm³/mol. The molecule has 0 amide bonds. The number of hydrogen-bond acceptors (Lipinski definition) is 2. The SMILES string of the molecule is c1ccc(-c2c3c(c(N4c5ccccc5C5(c6ccccc6Oc6ccccc65)c5ccccc54)c4c2ccc2ccccc24)-c2cccc4cccc-3c24)cc1. The van der Waals surface area contributed by atoms with Gasteiger partial charge in [0, 0.05) is 27.6 Å².